The zero-order valence-electron chi connectivity index (χ0n) is 10.5. The fourth-order valence-corrected chi connectivity index (χ4v) is 4.56. The Hall–Kier alpha value is -0.600. The summed E-state index contributed by atoms with van der Waals surface area (Å²) in [4.78, 5) is 0.952. The van der Waals surface area contributed by atoms with E-state index in [1.807, 2.05) is 7.05 Å². The minimum absolute atomic E-state index is 0.263. The second kappa shape index (κ2) is 6.44. The van der Waals surface area contributed by atoms with Gasteiger partial charge in [0.15, 0.2) is 0 Å². The average Bonchev–Trinajstić information content (AvgIpc) is 2.83. The smallest absolute Gasteiger partial charge is 0.271 e. The lowest BCUT2D eigenvalue weighted by atomic mass is 10.3. The van der Waals surface area contributed by atoms with Gasteiger partial charge in [0.25, 0.3) is 10.0 Å². The minimum Gasteiger partial charge on any atom is -0.315 e. The molecule has 0 aliphatic carbocycles. The summed E-state index contributed by atoms with van der Waals surface area (Å²) in [5.41, 5.74) is 0.351. The summed E-state index contributed by atoms with van der Waals surface area (Å²) < 4.78 is 28.1. The molecule has 1 heterocycles. The standard InChI is InChI=1S/C12H12BrClN2O2S2/c1-15-7-9-3-5-12(19-9)20(17,18)16-11-6-8(13)2-4-10(11)14/h2-6,15-16H,7H2,1H3. The highest BCUT2D eigenvalue weighted by atomic mass is 79.9. The summed E-state index contributed by atoms with van der Waals surface area (Å²) in [6.45, 7) is 0.637. The Morgan fingerprint density at radius 3 is 2.75 bits per heavy atom. The molecule has 0 atom stereocenters. The van der Waals surface area contributed by atoms with E-state index in [9.17, 15) is 8.42 Å². The van der Waals surface area contributed by atoms with Crippen molar-refractivity contribution in [3.8, 4) is 0 Å². The number of rotatable bonds is 5. The van der Waals surface area contributed by atoms with Gasteiger partial charge in [0.05, 0.1) is 10.7 Å². The Labute approximate surface area is 135 Å². The van der Waals surface area contributed by atoms with Gasteiger partial charge in [0, 0.05) is 15.9 Å². The van der Waals surface area contributed by atoms with Crippen LogP contribution in [0.15, 0.2) is 39.0 Å². The Balaban J connectivity index is 2.28. The van der Waals surface area contributed by atoms with Gasteiger partial charge in [0.2, 0.25) is 0 Å². The van der Waals surface area contributed by atoms with E-state index in [0.717, 1.165) is 9.35 Å². The molecule has 0 fully saturated rings. The Kier molecular flexibility index (Phi) is 5.09. The highest BCUT2D eigenvalue weighted by Crippen LogP contribution is 2.29. The molecule has 1 aromatic carbocycles. The van der Waals surface area contributed by atoms with Crippen LogP contribution >= 0.6 is 38.9 Å². The number of anilines is 1. The molecule has 0 bridgehead atoms. The van der Waals surface area contributed by atoms with Crippen LogP contribution in [0.5, 0.6) is 0 Å². The predicted octanol–water partition coefficient (Wildman–Crippen LogP) is 3.68. The molecular formula is C12H12BrClN2O2S2. The van der Waals surface area contributed by atoms with Gasteiger partial charge in [-0.15, -0.1) is 11.3 Å². The van der Waals surface area contributed by atoms with E-state index in [1.165, 1.54) is 11.3 Å². The van der Waals surface area contributed by atoms with E-state index < -0.39 is 10.0 Å². The number of nitrogens with one attached hydrogen (secondary N) is 2. The molecule has 4 nitrogen and oxygen atoms in total. The summed E-state index contributed by atoms with van der Waals surface area (Å²) >= 11 is 10.5. The molecule has 0 unspecified atom stereocenters. The van der Waals surface area contributed by atoms with Crippen molar-refractivity contribution in [1.82, 2.24) is 5.32 Å². The van der Waals surface area contributed by atoms with Crippen LogP contribution in [0, 0.1) is 0 Å². The van der Waals surface area contributed by atoms with Crippen molar-refractivity contribution in [2.24, 2.45) is 0 Å². The third-order valence-electron chi connectivity index (χ3n) is 2.43. The molecule has 20 heavy (non-hydrogen) atoms. The Morgan fingerprint density at radius 2 is 2.05 bits per heavy atom. The Morgan fingerprint density at radius 1 is 1.30 bits per heavy atom. The number of thiophene rings is 1. The number of hydrogen-bond donors (Lipinski definition) is 2. The van der Waals surface area contributed by atoms with Crippen LogP contribution in [0.25, 0.3) is 0 Å². The van der Waals surface area contributed by atoms with Crippen LogP contribution in [0.3, 0.4) is 0 Å². The lowest BCUT2D eigenvalue weighted by Crippen LogP contribution is -2.11. The zero-order chi connectivity index (χ0) is 14.8. The van der Waals surface area contributed by atoms with Crippen LogP contribution in [0.1, 0.15) is 4.88 Å². The molecule has 2 rings (SSSR count). The monoisotopic (exact) mass is 394 g/mol. The maximum Gasteiger partial charge on any atom is 0.271 e. The van der Waals surface area contributed by atoms with Crippen molar-refractivity contribution in [2.75, 3.05) is 11.8 Å². The first kappa shape index (κ1) is 15.8. The zero-order valence-corrected chi connectivity index (χ0v) is 14.5. The van der Waals surface area contributed by atoms with E-state index in [0.29, 0.717) is 17.3 Å². The van der Waals surface area contributed by atoms with Crippen LogP contribution in [0.4, 0.5) is 5.69 Å². The van der Waals surface area contributed by atoms with Crippen LogP contribution in [0.2, 0.25) is 5.02 Å². The molecule has 0 spiro atoms. The first-order valence-corrected chi connectivity index (χ1v) is 9.10. The van der Waals surface area contributed by atoms with Gasteiger partial charge in [-0.2, -0.15) is 0 Å². The first-order valence-electron chi connectivity index (χ1n) is 5.63. The summed E-state index contributed by atoms with van der Waals surface area (Å²) in [7, 11) is -1.80. The molecule has 0 aliphatic heterocycles. The number of halogens is 2. The number of sulfonamides is 1. The number of hydrogen-bond acceptors (Lipinski definition) is 4. The molecule has 1 aromatic heterocycles. The van der Waals surface area contributed by atoms with Crippen molar-refractivity contribution in [2.45, 2.75) is 10.8 Å². The summed E-state index contributed by atoms with van der Waals surface area (Å²) in [5.74, 6) is 0. The molecule has 8 heteroatoms. The molecule has 2 N–H and O–H groups in total. The SMILES string of the molecule is CNCc1ccc(S(=O)(=O)Nc2cc(Br)ccc2Cl)s1. The van der Waals surface area contributed by atoms with Gasteiger partial charge in [-0.05, 0) is 37.4 Å². The van der Waals surface area contributed by atoms with E-state index in [2.05, 4.69) is 26.0 Å². The summed E-state index contributed by atoms with van der Waals surface area (Å²) in [5, 5.41) is 3.33. The first-order chi connectivity index (χ1) is 9.42. The van der Waals surface area contributed by atoms with Gasteiger partial charge in [-0.1, -0.05) is 27.5 Å². The fourth-order valence-electron chi connectivity index (χ4n) is 1.54. The Bertz CT molecular complexity index is 716. The van der Waals surface area contributed by atoms with Crippen LogP contribution in [-0.2, 0) is 16.6 Å². The van der Waals surface area contributed by atoms with Crippen molar-refractivity contribution in [3.63, 3.8) is 0 Å². The van der Waals surface area contributed by atoms with Crippen molar-refractivity contribution >= 4 is 54.6 Å². The van der Waals surface area contributed by atoms with Gasteiger partial charge >= 0.3 is 0 Å². The maximum atomic E-state index is 12.3. The molecule has 0 saturated carbocycles. The average molecular weight is 396 g/mol. The topological polar surface area (TPSA) is 58.2 Å². The number of benzene rings is 1. The summed E-state index contributed by atoms with van der Waals surface area (Å²) in [6.07, 6.45) is 0. The second-order valence-corrected chi connectivity index (χ2v) is 8.38. The van der Waals surface area contributed by atoms with E-state index in [1.54, 1.807) is 30.3 Å². The van der Waals surface area contributed by atoms with Gasteiger partial charge in [-0.25, -0.2) is 8.42 Å². The van der Waals surface area contributed by atoms with E-state index in [-0.39, 0.29) is 4.21 Å². The molecule has 2 aromatic rings. The fraction of sp³-hybridized carbons (Fsp3) is 0.167. The minimum atomic E-state index is -3.61. The van der Waals surface area contributed by atoms with Crippen LogP contribution in [-0.4, -0.2) is 15.5 Å². The quantitative estimate of drug-likeness (QED) is 0.812. The third kappa shape index (κ3) is 3.73. The highest BCUT2D eigenvalue weighted by Gasteiger charge is 2.18. The lowest BCUT2D eigenvalue weighted by molar-refractivity contribution is 0.603. The van der Waals surface area contributed by atoms with Crippen molar-refractivity contribution in [1.29, 1.82) is 0 Å². The highest BCUT2D eigenvalue weighted by molar-refractivity contribution is 9.10. The molecular weight excluding hydrogens is 384 g/mol. The van der Waals surface area contributed by atoms with Gasteiger partial charge < -0.3 is 5.32 Å². The van der Waals surface area contributed by atoms with Crippen molar-refractivity contribution < 1.29 is 8.42 Å². The van der Waals surface area contributed by atoms with E-state index >= 15 is 0 Å². The third-order valence-corrected chi connectivity index (χ3v) is 6.19. The largest absolute Gasteiger partial charge is 0.315 e. The molecule has 0 aliphatic rings. The van der Waals surface area contributed by atoms with Crippen molar-refractivity contribution in [3.05, 3.63) is 44.7 Å². The van der Waals surface area contributed by atoms with Crippen LogP contribution < -0.4 is 10.0 Å². The molecule has 0 radical (unpaired) electrons. The molecule has 0 saturated heterocycles. The van der Waals surface area contributed by atoms with Gasteiger partial charge in [-0.3, -0.25) is 4.72 Å². The summed E-state index contributed by atoms with van der Waals surface area (Å²) in [6, 6.07) is 8.38. The maximum absolute atomic E-state index is 12.3. The lowest BCUT2D eigenvalue weighted by Gasteiger charge is -2.08. The normalized spacial score (nSPS) is 11.6. The molecule has 0 amide bonds. The van der Waals surface area contributed by atoms with Gasteiger partial charge in [0.1, 0.15) is 4.21 Å². The molecule has 108 valence electrons. The second-order valence-electron chi connectivity index (χ2n) is 3.98. The van der Waals surface area contributed by atoms with E-state index in [4.69, 9.17) is 11.6 Å². The predicted molar refractivity (Wildman–Crippen MR) is 87.0 cm³/mol.